The van der Waals surface area contributed by atoms with Crippen molar-refractivity contribution >= 4 is 0 Å². The topological polar surface area (TPSA) is 54.7 Å². The third kappa shape index (κ3) is 1.69. The van der Waals surface area contributed by atoms with Gasteiger partial charge in [0.15, 0.2) is 0 Å². The van der Waals surface area contributed by atoms with Crippen LogP contribution in [-0.4, -0.2) is 9.97 Å². The van der Waals surface area contributed by atoms with Crippen LogP contribution in [0, 0.1) is 5.41 Å². The fraction of sp³-hybridized carbons (Fsp3) is 0.727. The molecule has 1 aliphatic rings. The summed E-state index contributed by atoms with van der Waals surface area (Å²) in [5.74, 6) is 0.949. The molecule has 0 bridgehead atoms. The molecule has 1 atom stereocenters. The molecule has 1 aliphatic carbocycles. The fourth-order valence-corrected chi connectivity index (χ4v) is 2.65. The van der Waals surface area contributed by atoms with Gasteiger partial charge in [-0.25, -0.2) is 4.98 Å². The van der Waals surface area contributed by atoms with E-state index in [1.54, 1.807) is 6.20 Å². The van der Waals surface area contributed by atoms with Crippen molar-refractivity contribution in [2.45, 2.75) is 45.1 Å². The van der Waals surface area contributed by atoms with E-state index in [4.69, 9.17) is 5.73 Å². The number of H-pyrrole nitrogens is 1. The van der Waals surface area contributed by atoms with Crippen LogP contribution in [0.25, 0.3) is 0 Å². The lowest BCUT2D eigenvalue weighted by Gasteiger charge is -2.41. The molecule has 1 saturated carbocycles. The minimum atomic E-state index is -0.231. The highest BCUT2D eigenvalue weighted by molar-refractivity contribution is 5.08. The molecule has 14 heavy (non-hydrogen) atoms. The second kappa shape index (κ2) is 3.09. The predicted molar refractivity (Wildman–Crippen MR) is 56.7 cm³/mol. The predicted octanol–water partition coefficient (Wildman–Crippen LogP) is 2.16. The summed E-state index contributed by atoms with van der Waals surface area (Å²) in [4.78, 5) is 7.45. The average Bonchev–Trinajstić information content (AvgIpc) is 2.52. The van der Waals surface area contributed by atoms with Gasteiger partial charge in [0, 0.05) is 12.4 Å². The van der Waals surface area contributed by atoms with E-state index in [1.807, 2.05) is 6.20 Å². The van der Waals surface area contributed by atoms with Crippen LogP contribution >= 0.6 is 0 Å². The Morgan fingerprint density at radius 1 is 1.43 bits per heavy atom. The number of imidazole rings is 1. The van der Waals surface area contributed by atoms with Crippen LogP contribution < -0.4 is 5.73 Å². The van der Waals surface area contributed by atoms with Crippen molar-refractivity contribution < 1.29 is 0 Å². The first-order chi connectivity index (χ1) is 6.52. The zero-order valence-corrected chi connectivity index (χ0v) is 9.01. The minimum Gasteiger partial charge on any atom is -0.347 e. The molecule has 0 aromatic carbocycles. The van der Waals surface area contributed by atoms with E-state index in [0.29, 0.717) is 5.41 Å². The molecule has 3 heteroatoms. The summed E-state index contributed by atoms with van der Waals surface area (Å²) < 4.78 is 0. The summed E-state index contributed by atoms with van der Waals surface area (Å²) in [5, 5.41) is 0. The van der Waals surface area contributed by atoms with E-state index < -0.39 is 0 Å². The molecule has 0 radical (unpaired) electrons. The molecule has 1 unspecified atom stereocenters. The van der Waals surface area contributed by atoms with Crippen LogP contribution in [0.2, 0.25) is 0 Å². The Bertz CT molecular complexity index is 302. The first-order valence-corrected chi connectivity index (χ1v) is 5.31. The number of aromatic amines is 1. The van der Waals surface area contributed by atoms with E-state index in [1.165, 1.54) is 12.8 Å². The normalized spacial score (nSPS) is 31.6. The SMILES string of the molecule is CC1(C)CCCC(N)(c2ncc[nH]2)C1. The summed E-state index contributed by atoms with van der Waals surface area (Å²) >= 11 is 0. The van der Waals surface area contributed by atoms with Gasteiger partial charge >= 0.3 is 0 Å². The van der Waals surface area contributed by atoms with Crippen LogP contribution in [-0.2, 0) is 5.54 Å². The Kier molecular flexibility index (Phi) is 2.14. The molecule has 0 amide bonds. The quantitative estimate of drug-likeness (QED) is 0.718. The van der Waals surface area contributed by atoms with Crippen molar-refractivity contribution in [3.05, 3.63) is 18.2 Å². The van der Waals surface area contributed by atoms with Gasteiger partial charge in [0.05, 0.1) is 5.54 Å². The molecule has 0 saturated heterocycles. The maximum atomic E-state index is 6.41. The van der Waals surface area contributed by atoms with Crippen molar-refractivity contribution in [2.75, 3.05) is 0 Å². The summed E-state index contributed by atoms with van der Waals surface area (Å²) in [5.41, 5.74) is 6.52. The molecule has 2 rings (SSSR count). The summed E-state index contributed by atoms with van der Waals surface area (Å²) in [6.45, 7) is 4.58. The van der Waals surface area contributed by atoms with Gasteiger partial charge in [0.25, 0.3) is 0 Å². The Morgan fingerprint density at radius 3 is 2.79 bits per heavy atom. The Balaban J connectivity index is 2.24. The molecule has 1 aromatic heterocycles. The Morgan fingerprint density at radius 2 is 2.21 bits per heavy atom. The van der Waals surface area contributed by atoms with Crippen LogP contribution in [0.1, 0.15) is 45.4 Å². The molecule has 0 aliphatic heterocycles. The van der Waals surface area contributed by atoms with E-state index in [2.05, 4.69) is 23.8 Å². The molecule has 3 nitrogen and oxygen atoms in total. The van der Waals surface area contributed by atoms with Crippen LogP contribution in [0.4, 0.5) is 0 Å². The van der Waals surface area contributed by atoms with Gasteiger partial charge in [-0.15, -0.1) is 0 Å². The standard InChI is InChI=1S/C11H19N3/c1-10(2)4-3-5-11(12,8-10)9-13-6-7-14-9/h6-7H,3-5,8,12H2,1-2H3,(H,13,14). The van der Waals surface area contributed by atoms with E-state index in [0.717, 1.165) is 18.7 Å². The maximum Gasteiger partial charge on any atom is 0.126 e. The average molecular weight is 193 g/mol. The summed E-state index contributed by atoms with van der Waals surface area (Å²) in [6.07, 6.45) is 8.17. The number of nitrogens with zero attached hydrogens (tertiary/aromatic N) is 1. The highest BCUT2D eigenvalue weighted by Crippen LogP contribution is 2.43. The lowest BCUT2D eigenvalue weighted by molar-refractivity contribution is 0.145. The first kappa shape index (κ1) is 9.71. The first-order valence-electron chi connectivity index (χ1n) is 5.31. The largest absolute Gasteiger partial charge is 0.347 e. The van der Waals surface area contributed by atoms with Crippen LogP contribution in [0.15, 0.2) is 12.4 Å². The highest BCUT2D eigenvalue weighted by Gasteiger charge is 2.39. The fourth-order valence-electron chi connectivity index (χ4n) is 2.65. The second-order valence-corrected chi connectivity index (χ2v) is 5.29. The number of nitrogens with one attached hydrogen (secondary N) is 1. The van der Waals surface area contributed by atoms with Gasteiger partial charge in [-0.3, -0.25) is 0 Å². The zero-order chi connectivity index (χ0) is 10.2. The minimum absolute atomic E-state index is 0.231. The molecule has 3 N–H and O–H groups in total. The van der Waals surface area contributed by atoms with Crippen molar-refractivity contribution in [1.29, 1.82) is 0 Å². The highest BCUT2D eigenvalue weighted by atomic mass is 15.0. The van der Waals surface area contributed by atoms with E-state index in [9.17, 15) is 0 Å². The van der Waals surface area contributed by atoms with Gasteiger partial charge in [0.2, 0.25) is 0 Å². The van der Waals surface area contributed by atoms with Crippen molar-refractivity contribution in [1.82, 2.24) is 9.97 Å². The lowest BCUT2D eigenvalue weighted by atomic mass is 9.68. The molecule has 0 spiro atoms. The summed E-state index contributed by atoms with van der Waals surface area (Å²) in [7, 11) is 0. The molecule has 1 fully saturated rings. The van der Waals surface area contributed by atoms with Crippen molar-refractivity contribution in [3.63, 3.8) is 0 Å². The molecule has 1 aromatic rings. The molecular weight excluding hydrogens is 174 g/mol. The van der Waals surface area contributed by atoms with Crippen molar-refractivity contribution in [3.8, 4) is 0 Å². The number of hydrogen-bond acceptors (Lipinski definition) is 2. The molecular formula is C11H19N3. The van der Waals surface area contributed by atoms with E-state index >= 15 is 0 Å². The smallest absolute Gasteiger partial charge is 0.126 e. The number of nitrogens with two attached hydrogens (primary N) is 1. The van der Waals surface area contributed by atoms with Gasteiger partial charge in [0.1, 0.15) is 5.82 Å². The molecule has 78 valence electrons. The number of hydrogen-bond donors (Lipinski definition) is 2. The number of rotatable bonds is 1. The molecule has 1 heterocycles. The zero-order valence-electron chi connectivity index (χ0n) is 9.01. The third-order valence-corrected chi connectivity index (χ3v) is 3.24. The Labute approximate surface area is 85.1 Å². The van der Waals surface area contributed by atoms with Gasteiger partial charge in [-0.2, -0.15) is 0 Å². The Hall–Kier alpha value is -0.830. The number of aromatic nitrogens is 2. The monoisotopic (exact) mass is 193 g/mol. The van der Waals surface area contributed by atoms with Gasteiger partial charge in [-0.05, 0) is 24.7 Å². The van der Waals surface area contributed by atoms with Gasteiger partial charge < -0.3 is 10.7 Å². The van der Waals surface area contributed by atoms with Crippen LogP contribution in [0.5, 0.6) is 0 Å². The van der Waals surface area contributed by atoms with Gasteiger partial charge in [-0.1, -0.05) is 20.3 Å². The summed E-state index contributed by atoms with van der Waals surface area (Å²) in [6, 6.07) is 0. The lowest BCUT2D eigenvalue weighted by Crippen LogP contribution is -2.45. The third-order valence-electron chi connectivity index (χ3n) is 3.24. The van der Waals surface area contributed by atoms with E-state index in [-0.39, 0.29) is 5.54 Å². The maximum absolute atomic E-state index is 6.41. The second-order valence-electron chi connectivity index (χ2n) is 5.29. The van der Waals surface area contributed by atoms with Crippen molar-refractivity contribution in [2.24, 2.45) is 11.1 Å². The van der Waals surface area contributed by atoms with Crippen LogP contribution in [0.3, 0.4) is 0 Å².